The number of hydrogen-bond acceptors (Lipinski definition) is 7. The number of rotatable bonds is 5. The molecule has 8 nitrogen and oxygen atoms in total. The van der Waals surface area contributed by atoms with Gasteiger partial charge in [-0.05, 0) is 49.4 Å². The zero-order valence-electron chi connectivity index (χ0n) is 16.6. The summed E-state index contributed by atoms with van der Waals surface area (Å²) >= 11 is 0. The lowest BCUT2D eigenvalue weighted by Gasteiger charge is -2.10. The van der Waals surface area contributed by atoms with Crippen molar-refractivity contribution in [1.82, 2.24) is 24.9 Å². The second kappa shape index (κ2) is 7.83. The third-order valence-corrected chi connectivity index (χ3v) is 4.76. The first-order valence-electron chi connectivity index (χ1n) is 9.74. The normalized spacial score (nSPS) is 11.0. The zero-order chi connectivity index (χ0) is 21.2. The fourth-order valence-electron chi connectivity index (χ4n) is 3.31. The lowest BCUT2D eigenvalue weighted by atomic mass is 10.1. The second-order valence-electron chi connectivity index (χ2n) is 6.70. The summed E-state index contributed by atoms with van der Waals surface area (Å²) in [4.78, 5) is 21.6. The van der Waals surface area contributed by atoms with Crippen molar-refractivity contribution < 1.29 is 9.26 Å². The maximum Gasteiger partial charge on any atom is 0.279 e. The Bertz CT molecular complexity index is 1410. The minimum atomic E-state index is -0.239. The van der Waals surface area contributed by atoms with Crippen LogP contribution in [0.25, 0.3) is 39.4 Å². The molecule has 152 valence electrons. The minimum Gasteiger partial charge on any atom is -0.494 e. The highest BCUT2D eigenvalue weighted by Gasteiger charge is 2.19. The van der Waals surface area contributed by atoms with Crippen molar-refractivity contribution in [2.75, 3.05) is 6.61 Å². The Morgan fingerprint density at radius 2 is 1.71 bits per heavy atom. The van der Waals surface area contributed by atoms with Crippen LogP contribution >= 0.6 is 0 Å². The number of aromatic nitrogens is 5. The van der Waals surface area contributed by atoms with Gasteiger partial charge in [0.15, 0.2) is 5.69 Å². The number of hydrogen-bond donors (Lipinski definition) is 0. The molecule has 31 heavy (non-hydrogen) atoms. The van der Waals surface area contributed by atoms with Gasteiger partial charge in [0.25, 0.3) is 11.4 Å². The average molecular weight is 411 g/mol. The zero-order valence-corrected chi connectivity index (χ0v) is 16.6. The van der Waals surface area contributed by atoms with Crippen LogP contribution in [-0.4, -0.2) is 31.5 Å². The summed E-state index contributed by atoms with van der Waals surface area (Å²) in [5.41, 5.74) is 1.57. The fourth-order valence-corrected chi connectivity index (χ4v) is 3.31. The summed E-state index contributed by atoms with van der Waals surface area (Å²) in [6.45, 7) is 2.48. The fraction of sp³-hybridized carbons (Fsp3) is 0.0870. The Kier molecular flexibility index (Phi) is 4.72. The highest BCUT2D eigenvalue weighted by atomic mass is 16.5. The van der Waals surface area contributed by atoms with Crippen LogP contribution in [0.3, 0.4) is 0 Å². The Morgan fingerprint density at radius 3 is 2.45 bits per heavy atom. The van der Waals surface area contributed by atoms with E-state index in [0.717, 1.165) is 11.3 Å². The molecule has 0 fully saturated rings. The predicted octanol–water partition coefficient (Wildman–Crippen LogP) is 3.90. The van der Waals surface area contributed by atoms with Gasteiger partial charge >= 0.3 is 0 Å². The van der Waals surface area contributed by atoms with E-state index in [9.17, 15) is 4.79 Å². The summed E-state index contributed by atoms with van der Waals surface area (Å²) in [7, 11) is 0. The standard InChI is InChI=1S/C23H17N5O3/c1-2-30-17-9-7-16(8-10-17)28-23(29)19-6-4-3-5-18(19)20(26-28)22-25-21(27-31-22)15-11-13-24-14-12-15/h3-14H,2H2,1H3. The molecule has 5 aromatic rings. The van der Waals surface area contributed by atoms with E-state index in [0.29, 0.717) is 34.6 Å². The molecule has 0 N–H and O–H groups in total. The highest BCUT2D eigenvalue weighted by molar-refractivity contribution is 5.92. The van der Waals surface area contributed by atoms with Crippen LogP contribution in [0.4, 0.5) is 0 Å². The van der Waals surface area contributed by atoms with Crippen molar-refractivity contribution >= 4 is 10.8 Å². The highest BCUT2D eigenvalue weighted by Crippen LogP contribution is 2.26. The number of benzene rings is 2. The predicted molar refractivity (Wildman–Crippen MR) is 115 cm³/mol. The van der Waals surface area contributed by atoms with Gasteiger partial charge in [0.05, 0.1) is 17.7 Å². The van der Waals surface area contributed by atoms with Crippen LogP contribution < -0.4 is 10.3 Å². The Morgan fingerprint density at radius 1 is 0.968 bits per heavy atom. The lowest BCUT2D eigenvalue weighted by Crippen LogP contribution is -2.22. The van der Waals surface area contributed by atoms with E-state index in [1.165, 1.54) is 4.68 Å². The van der Waals surface area contributed by atoms with Crippen LogP contribution in [-0.2, 0) is 0 Å². The van der Waals surface area contributed by atoms with E-state index in [4.69, 9.17) is 9.26 Å². The van der Waals surface area contributed by atoms with Crippen molar-refractivity contribution in [3.63, 3.8) is 0 Å². The maximum atomic E-state index is 13.1. The molecule has 2 aromatic carbocycles. The van der Waals surface area contributed by atoms with Gasteiger partial charge in [-0.25, -0.2) is 0 Å². The molecule has 0 aliphatic heterocycles. The lowest BCUT2D eigenvalue weighted by molar-refractivity contribution is 0.340. The van der Waals surface area contributed by atoms with Gasteiger partial charge in [0.1, 0.15) is 5.75 Å². The molecule has 0 spiro atoms. The summed E-state index contributed by atoms with van der Waals surface area (Å²) in [6.07, 6.45) is 3.32. The molecule has 0 aliphatic rings. The molecule has 0 aliphatic carbocycles. The average Bonchev–Trinajstić information content (AvgIpc) is 3.31. The first kappa shape index (κ1) is 18.7. The number of pyridine rings is 1. The third kappa shape index (κ3) is 3.44. The molecule has 0 radical (unpaired) electrons. The second-order valence-corrected chi connectivity index (χ2v) is 6.70. The summed E-state index contributed by atoms with van der Waals surface area (Å²) < 4.78 is 12.3. The molecule has 5 rings (SSSR count). The molecular formula is C23H17N5O3. The molecule has 0 bridgehead atoms. The van der Waals surface area contributed by atoms with Crippen molar-refractivity contribution in [1.29, 1.82) is 0 Å². The van der Waals surface area contributed by atoms with Crippen molar-refractivity contribution in [2.24, 2.45) is 0 Å². The van der Waals surface area contributed by atoms with E-state index in [1.807, 2.05) is 25.1 Å². The van der Waals surface area contributed by atoms with Crippen LogP contribution in [0.15, 0.2) is 82.4 Å². The third-order valence-electron chi connectivity index (χ3n) is 4.76. The number of nitrogens with zero attached hydrogens (tertiary/aromatic N) is 5. The largest absolute Gasteiger partial charge is 0.494 e. The van der Waals surface area contributed by atoms with E-state index in [1.54, 1.807) is 54.9 Å². The molecule has 0 saturated heterocycles. The Hall–Kier alpha value is -4.33. The van der Waals surface area contributed by atoms with Crippen LogP contribution in [0.1, 0.15) is 6.92 Å². The van der Waals surface area contributed by atoms with Crippen LogP contribution in [0.2, 0.25) is 0 Å². The van der Waals surface area contributed by atoms with Crippen molar-refractivity contribution in [3.05, 3.63) is 83.4 Å². The molecule has 0 saturated carbocycles. The SMILES string of the molecule is CCOc1ccc(-n2nc(-c3nc(-c4ccncc4)no3)c3ccccc3c2=O)cc1. The summed E-state index contributed by atoms with van der Waals surface area (Å²) in [6, 6.07) is 18.0. The van der Waals surface area contributed by atoms with Crippen molar-refractivity contribution in [2.45, 2.75) is 6.92 Å². The van der Waals surface area contributed by atoms with Gasteiger partial charge in [-0.2, -0.15) is 14.8 Å². The smallest absolute Gasteiger partial charge is 0.279 e. The Balaban J connectivity index is 1.67. The van der Waals surface area contributed by atoms with E-state index < -0.39 is 0 Å². The molecule has 3 aromatic heterocycles. The molecular weight excluding hydrogens is 394 g/mol. The first-order chi connectivity index (χ1) is 15.2. The topological polar surface area (TPSA) is 95.9 Å². The van der Waals surface area contributed by atoms with Gasteiger partial charge in [0.2, 0.25) is 5.82 Å². The molecule has 3 heterocycles. The minimum absolute atomic E-state index is 0.225. The van der Waals surface area contributed by atoms with Crippen LogP contribution in [0, 0.1) is 0 Å². The monoisotopic (exact) mass is 411 g/mol. The molecule has 0 unspecified atom stereocenters. The summed E-state index contributed by atoms with van der Waals surface area (Å²) in [5.74, 6) is 1.36. The van der Waals surface area contributed by atoms with Gasteiger partial charge in [-0.1, -0.05) is 23.4 Å². The van der Waals surface area contributed by atoms with Gasteiger partial charge in [-0.3, -0.25) is 9.78 Å². The van der Waals surface area contributed by atoms with Gasteiger partial charge in [-0.15, -0.1) is 0 Å². The van der Waals surface area contributed by atoms with E-state index in [2.05, 4.69) is 20.2 Å². The van der Waals surface area contributed by atoms with Crippen molar-refractivity contribution in [3.8, 4) is 34.4 Å². The van der Waals surface area contributed by atoms with E-state index in [-0.39, 0.29) is 11.4 Å². The first-order valence-corrected chi connectivity index (χ1v) is 9.74. The number of fused-ring (bicyclic) bond motifs is 1. The quantitative estimate of drug-likeness (QED) is 0.433. The van der Waals surface area contributed by atoms with Crippen LogP contribution in [0.5, 0.6) is 5.75 Å². The molecule has 0 atom stereocenters. The number of ether oxygens (including phenoxy) is 1. The van der Waals surface area contributed by atoms with Gasteiger partial charge < -0.3 is 9.26 Å². The van der Waals surface area contributed by atoms with Gasteiger partial charge in [0, 0.05) is 23.3 Å². The molecule has 8 heteroatoms. The van der Waals surface area contributed by atoms with E-state index >= 15 is 0 Å². The summed E-state index contributed by atoms with van der Waals surface area (Å²) in [5, 5.41) is 9.79. The Labute approximate surface area is 176 Å². The maximum absolute atomic E-state index is 13.1. The molecule has 0 amide bonds.